The molecule has 0 spiro atoms. The Hall–Kier alpha value is -3.08. The summed E-state index contributed by atoms with van der Waals surface area (Å²) < 4.78 is 4.02. The number of nitrogens with zero attached hydrogens (tertiary/aromatic N) is 3. The van der Waals surface area contributed by atoms with Gasteiger partial charge in [-0.25, -0.2) is 0 Å². The lowest BCUT2D eigenvalue weighted by Crippen LogP contribution is -2.36. The van der Waals surface area contributed by atoms with Gasteiger partial charge in [-0.2, -0.15) is 5.10 Å². The number of aryl methyl sites for hydroxylation is 1. The molecule has 2 aromatic carbocycles. The summed E-state index contributed by atoms with van der Waals surface area (Å²) >= 11 is 0. The fourth-order valence-corrected chi connectivity index (χ4v) is 3.57. The van der Waals surface area contributed by atoms with Crippen molar-refractivity contribution in [3.05, 3.63) is 66.5 Å². The van der Waals surface area contributed by atoms with Gasteiger partial charge in [0.15, 0.2) is 0 Å². The van der Waals surface area contributed by atoms with Crippen LogP contribution in [0.3, 0.4) is 0 Å². The number of nitrogens with one attached hydrogen (secondary N) is 1. The van der Waals surface area contributed by atoms with E-state index in [0.717, 1.165) is 5.56 Å². The molecule has 1 amide bonds. The first kappa shape index (κ1) is 16.4. The van der Waals surface area contributed by atoms with E-state index in [2.05, 4.69) is 58.4 Å². The molecule has 1 atom stereocenters. The lowest BCUT2D eigenvalue weighted by molar-refractivity contribution is -0.121. The van der Waals surface area contributed by atoms with Gasteiger partial charge in [0.05, 0.1) is 13.0 Å². The van der Waals surface area contributed by atoms with Gasteiger partial charge in [0.25, 0.3) is 0 Å². The van der Waals surface area contributed by atoms with Gasteiger partial charge in [-0.15, -0.1) is 0 Å². The minimum absolute atomic E-state index is 0.0312. The van der Waals surface area contributed by atoms with Gasteiger partial charge in [-0.1, -0.05) is 24.3 Å². The summed E-state index contributed by atoms with van der Waals surface area (Å²) in [5.41, 5.74) is 3.41. The van der Waals surface area contributed by atoms with Crippen LogP contribution in [0.4, 0.5) is 0 Å². The van der Waals surface area contributed by atoms with E-state index in [1.165, 1.54) is 21.8 Å². The Bertz CT molecular complexity index is 1060. The van der Waals surface area contributed by atoms with Crippen molar-refractivity contribution in [3.63, 3.8) is 0 Å². The topological polar surface area (TPSA) is 51.9 Å². The van der Waals surface area contributed by atoms with E-state index in [1.54, 1.807) is 6.20 Å². The molecule has 5 nitrogen and oxygen atoms in total. The summed E-state index contributed by atoms with van der Waals surface area (Å²) in [5, 5.41) is 9.64. The summed E-state index contributed by atoms with van der Waals surface area (Å²) in [6.07, 6.45) is 4.02. The zero-order valence-electron chi connectivity index (χ0n) is 15.0. The number of aromatic nitrogens is 3. The number of para-hydroxylation sites is 1. The molecule has 0 bridgehead atoms. The molecule has 1 unspecified atom stereocenters. The van der Waals surface area contributed by atoms with E-state index in [-0.39, 0.29) is 11.9 Å². The first-order valence-corrected chi connectivity index (χ1v) is 8.84. The van der Waals surface area contributed by atoms with Gasteiger partial charge in [-0.3, -0.25) is 9.48 Å². The Balaban J connectivity index is 1.51. The second-order valence-electron chi connectivity index (χ2n) is 6.80. The average Bonchev–Trinajstić information content (AvgIpc) is 3.22. The van der Waals surface area contributed by atoms with Gasteiger partial charge in [0.1, 0.15) is 0 Å². The number of hydrogen-bond donors (Lipinski definition) is 1. The van der Waals surface area contributed by atoms with Crippen molar-refractivity contribution in [2.75, 3.05) is 0 Å². The Morgan fingerprint density at radius 3 is 2.73 bits per heavy atom. The molecule has 26 heavy (non-hydrogen) atoms. The third kappa shape index (κ3) is 3.08. The molecule has 4 aromatic rings. The van der Waals surface area contributed by atoms with E-state index in [1.807, 2.05) is 29.9 Å². The smallest absolute Gasteiger partial charge is 0.224 e. The summed E-state index contributed by atoms with van der Waals surface area (Å²) in [7, 11) is 2.08. The van der Waals surface area contributed by atoms with Crippen molar-refractivity contribution >= 4 is 27.7 Å². The number of fused-ring (bicyclic) bond motifs is 3. The maximum absolute atomic E-state index is 12.4. The lowest BCUT2D eigenvalue weighted by atomic mass is 10.1. The summed E-state index contributed by atoms with van der Waals surface area (Å²) in [4.78, 5) is 12.4. The van der Waals surface area contributed by atoms with Crippen LogP contribution in [0, 0.1) is 0 Å². The Labute approximate surface area is 152 Å². The monoisotopic (exact) mass is 346 g/mol. The first-order valence-electron chi connectivity index (χ1n) is 8.84. The minimum atomic E-state index is 0.0312. The van der Waals surface area contributed by atoms with E-state index in [4.69, 9.17) is 0 Å². The number of carbonyl (C=O) groups is 1. The van der Waals surface area contributed by atoms with Gasteiger partial charge in [-0.05, 0) is 36.8 Å². The Morgan fingerprint density at radius 2 is 1.92 bits per heavy atom. The zero-order chi connectivity index (χ0) is 18.1. The van der Waals surface area contributed by atoms with Crippen molar-refractivity contribution in [2.24, 2.45) is 7.05 Å². The number of benzene rings is 2. The molecule has 2 heterocycles. The Morgan fingerprint density at radius 1 is 1.12 bits per heavy atom. The highest BCUT2D eigenvalue weighted by molar-refractivity contribution is 6.08. The molecule has 0 saturated heterocycles. The zero-order valence-corrected chi connectivity index (χ0v) is 15.0. The van der Waals surface area contributed by atoms with Crippen molar-refractivity contribution in [1.29, 1.82) is 0 Å². The molecule has 1 N–H and O–H groups in total. The van der Waals surface area contributed by atoms with Crippen LogP contribution in [0.2, 0.25) is 0 Å². The SMILES string of the molecule is CC(Cn1cccn1)NC(=O)Cc1ccc2c(c1)c1ccccc1n2C. The van der Waals surface area contributed by atoms with Crippen molar-refractivity contribution in [3.8, 4) is 0 Å². The van der Waals surface area contributed by atoms with E-state index in [0.29, 0.717) is 13.0 Å². The highest BCUT2D eigenvalue weighted by Crippen LogP contribution is 2.28. The van der Waals surface area contributed by atoms with Crippen molar-refractivity contribution in [1.82, 2.24) is 19.7 Å². The van der Waals surface area contributed by atoms with Crippen LogP contribution < -0.4 is 5.32 Å². The molecule has 0 radical (unpaired) electrons. The van der Waals surface area contributed by atoms with E-state index in [9.17, 15) is 4.79 Å². The molecule has 0 saturated carbocycles. The second-order valence-corrected chi connectivity index (χ2v) is 6.80. The molecular formula is C21H22N4O. The predicted molar refractivity (Wildman–Crippen MR) is 104 cm³/mol. The molecule has 0 aliphatic rings. The molecule has 2 aromatic heterocycles. The fourth-order valence-electron chi connectivity index (χ4n) is 3.57. The maximum atomic E-state index is 12.4. The Kier molecular flexibility index (Phi) is 4.21. The number of rotatable bonds is 5. The van der Waals surface area contributed by atoms with Crippen LogP contribution in [-0.2, 0) is 24.8 Å². The van der Waals surface area contributed by atoms with Gasteiger partial charge >= 0.3 is 0 Å². The number of hydrogen-bond acceptors (Lipinski definition) is 2. The van der Waals surface area contributed by atoms with Crippen LogP contribution in [0.5, 0.6) is 0 Å². The fraction of sp³-hybridized carbons (Fsp3) is 0.238. The summed E-state index contributed by atoms with van der Waals surface area (Å²) in [6, 6.07) is 16.6. The highest BCUT2D eigenvalue weighted by atomic mass is 16.1. The predicted octanol–water partition coefficient (Wildman–Crippen LogP) is 3.28. The lowest BCUT2D eigenvalue weighted by Gasteiger charge is -2.14. The number of amides is 1. The maximum Gasteiger partial charge on any atom is 0.224 e. The van der Waals surface area contributed by atoms with Crippen LogP contribution in [0.1, 0.15) is 12.5 Å². The van der Waals surface area contributed by atoms with Gasteiger partial charge < -0.3 is 9.88 Å². The second kappa shape index (κ2) is 6.67. The standard InChI is InChI=1S/C21H22N4O/c1-15(14-25-11-5-10-22-25)23-21(26)13-16-8-9-20-18(12-16)17-6-3-4-7-19(17)24(20)2/h3-12,15H,13-14H2,1-2H3,(H,23,26). The van der Waals surface area contributed by atoms with Gasteiger partial charge in [0, 0.05) is 47.3 Å². The molecule has 0 aliphatic heterocycles. The molecular weight excluding hydrogens is 324 g/mol. The van der Waals surface area contributed by atoms with Crippen LogP contribution in [-0.4, -0.2) is 26.3 Å². The molecule has 4 rings (SSSR count). The summed E-state index contributed by atoms with van der Waals surface area (Å²) in [6.45, 7) is 2.66. The van der Waals surface area contributed by atoms with E-state index < -0.39 is 0 Å². The molecule has 0 fully saturated rings. The quantitative estimate of drug-likeness (QED) is 0.603. The largest absolute Gasteiger partial charge is 0.351 e. The van der Waals surface area contributed by atoms with Crippen molar-refractivity contribution in [2.45, 2.75) is 25.9 Å². The average molecular weight is 346 g/mol. The molecule has 5 heteroatoms. The van der Waals surface area contributed by atoms with E-state index >= 15 is 0 Å². The number of carbonyl (C=O) groups excluding carboxylic acids is 1. The van der Waals surface area contributed by atoms with Crippen molar-refractivity contribution < 1.29 is 4.79 Å². The van der Waals surface area contributed by atoms with Crippen LogP contribution >= 0.6 is 0 Å². The normalized spacial score (nSPS) is 12.5. The summed E-state index contributed by atoms with van der Waals surface area (Å²) in [5.74, 6) is 0.0317. The molecule has 132 valence electrons. The third-order valence-electron chi connectivity index (χ3n) is 4.77. The van der Waals surface area contributed by atoms with Crippen LogP contribution in [0.15, 0.2) is 60.9 Å². The highest BCUT2D eigenvalue weighted by Gasteiger charge is 2.12. The minimum Gasteiger partial charge on any atom is -0.351 e. The van der Waals surface area contributed by atoms with Crippen LogP contribution in [0.25, 0.3) is 21.8 Å². The molecule has 0 aliphatic carbocycles. The first-order chi connectivity index (χ1) is 12.6. The van der Waals surface area contributed by atoms with Gasteiger partial charge in [0.2, 0.25) is 5.91 Å². The third-order valence-corrected chi connectivity index (χ3v) is 4.77.